The first-order valence-electron chi connectivity index (χ1n) is 3.40. The summed E-state index contributed by atoms with van der Waals surface area (Å²) in [6, 6.07) is 0. The summed E-state index contributed by atoms with van der Waals surface area (Å²) < 4.78 is 0. The summed E-state index contributed by atoms with van der Waals surface area (Å²) in [5, 5.41) is 0. The molecule has 1 heteroatoms. The zero-order chi connectivity index (χ0) is 7.11. The predicted octanol–water partition coefficient (Wildman–Crippen LogP) is 2.29. The maximum atomic E-state index is 3.82. The van der Waals surface area contributed by atoms with E-state index in [0.29, 0.717) is 5.92 Å². The molecule has 0 saturated heterocycles. The zero-order valence-corrected chi connectivity index (χ0v) is 6.30. The number of aliphatic imine (C=N–C) groups is 1. The van der Waals surface area contributed by atoms with E-state index < -0.39 is 0 Å². The molecule has 0 aromatic carbocycles. The Kier molecular flexibility index (Phi) is 5.18. The average molecular weight is 125 g/mol. The van der Waals surface area contributed by atoms with Crippen molar-refractivity contribution < 1.29 is 0 Å². The van der Waals surface area contributed by atoms with Gasteiger partial charge in [-0.3, -0.25) is 0 Å². The summed E-state index contributed by atoms with van der Waals surface area (Å²) >= 11 is 0. The van der Waals surface area contributed by atoms with Gasteiger partial charge in [0.25, 0.3) is 0 Å². The third-order valence-corrected chi connectivity index (χ3v) is 1.35. The van der Waals surface area contributed by atoms with Gasteiger partial charge in [-0.2, -0.15) is 0 Å². The van der Waals surface area contributed by atoms with Crippen LogP contribution in [0.1, 0.15) is 20.3 Å². The number of rotatable bonds is 4. The molecular formula is C8H15N. The van der Waals surface area contributed by atoms with Crippen LogP contribution >= 0.6 is 0 Å². The van der Waals surface area contributed by atoms with Gasteiger partial charge in [-0.25, -0.2) is 0 Å². The highest BCUT2D eigenvalue weighted by molar-refractivity contribution is 5.23. The second-order valence-corrected chi connectivity index (χ2v) is 2.10. The van der Waals surface area contributed by atoms with Crippen LogP contribution in [0, 0.1) is 5.92 Å². The molecule has 0 N–H and O–H groups in total. The molecule has 1 nitrogen and oxygen atoms in total. The normalized spacial score (nSPS) is 14.0. The van der Waals surface area contributed by atoms with Gasteiger partial charge in [-0.05, 0) is 26.0 Å². The van der Waals surface area contributed by atoms with Crippen LogP contribution < -0.4 is 0 Å². The van der Waals surface area contributed by atoms with Gasteiger partial charge in [-0.1, -0.05) is 19.1 Å². The van der Waals surface area contributed by atoms with Crippen LogP contribution in [0.25, 0.3) is 0 Å². The van der Waals surface area contributed by atoms with Crippen molar-refractivity contribution in [2.24, 2.45) is 10.9 Å². The molecule has 0 aromatic heterocycles. The largest absolute Gasteiger partial charge is 0.300 e. The lowest BCUT2D eigenvalue weighted by Gasteiger charge is -2.03. The maximum absolute atomic E-state index is 3.82. The van der Waals surface area contributed by atoms with Gasteiger partial charge in [0, 0.05) is 6.54 Å². The van der Waals surface area contributed by atoms with E-state index in [1.807, 2.05) is 6.92 Å². The van der Waals surface area contributed by atoms with Crippen molar-refractivity contribution in [3.63, 3.8) is 0 Å². The molecule has 0 bridgehead atoms. The molecule has 0 amide bonds. The zero-order valence-electron chi connectivity index (χ0n) is 6.30. The van der Waals surface area contributed by atoms with Crippen LogP contribution in [0.4, 0.5) is 0 Å². The minimum absolute atomic E-state index is 0.604. The summed E-state index contributed by atoms with van der Waals surface area (Å²) in [5.74, 6) is 0.604. The molecule has 0 radical (unpaired) electrons. The Morgan fingerprint density at radius 2 is 2.33 bits per heavy atom. The van der Waals surface area contributed by atoms with Gasteiger partial charge in [0.05, 0.1) is 0 Å². The molecule has 1 unspecified atom stereocenters. The van der Waals surface area contributed by atoms with Crippen molar-refractivity contribution in [2.45, 2.75) is 20.3 Å². The minimum Gasteiger partial charge on any atom is -0.300 e. The fraction of sp³-hybridized carbons (Fsp3) is 0.625. The van der Waals surface area contributed by atoms with E-state index in [1.165, 1.54) is 0 Å². The molecule has 0 aliphatic rings. The first kappa shape index (κ1) is 8.41. The van der Waals surface area contributed by atoms with Crippen molar-refractivity contribution in [1.82, 2.24) is 0 Å². The van der Waals surface area contributed by atoms with E-state index in [4.69, 9.17) is 0 Å². The standard InChI is InChI=1S/C8H15N/c1-4-6-8(5-2)7-9-3/h4,6,8H,3,5,7H2,1-2H3/b6-4-. The summed E-state index contributed by atoms with van der Waals surface area (Å²) in [4.78, 5) is 3.82. The van der Waals surface area contributed by atoms with Gasteiger partial charge in [0.15, 0.2) is 0 Å². The maximum Gasteiger partial charge on any atom is 0.0444 e. The van der Waals surface area contributed by atoms with Crippen molar-refractivity contribution in [3.8, 4) is 0 Å². The third-order valence-electron chi connectivity index (χ3n) is 1.35. The summed E-state index contributed by atoms with van der Waals surface area (Å²) in [6.07, 6.45) is 5.40. The Morgan fingerprint density at radius 1 is 1.67 bits per heavy atom. The Balaban J connectivity index is 3.53. The highest BCUT2D eigenvalue weighted by Crippen LogP contribution is 2.03. The van der Waals surface area contributed by atoms with Crippen molar-refractivity contribution in [1.29, 1.82) is 0 Å². The van der Waals surface area contributed by atoms with Crippen LogP contribution in [0.3, 0.4) is 0 Å². The SMILES string of the molecule is C=NCC(/C=C\C)CC. The van der Waals surface area contributed by atoms with Crippen LogP contribution in [-0.4, -0.2) is 13.3 Å². The lowest BCUT2D eigenvalue weighted by molar-refractivity contribution is 0.642. The number of nitrogens with zero attached hydrogens (tertiary/aromatic N) is 1. The highest BCUT2D eigenvalue weighted by Gasteiger charge is 1.96. The molecule has 52 valence electrons. The lowest BCUT2D eigenvalue weighted by Crippen LogP contribution is -1.97. The van der Waals surface area contributed by atoms with Crippen molar-refractivity contribution in [2.75, 3.05) is 6.54 Å². The van der Waals surface area contributed by atoms with Gasteiger partial charge < -0.3 is 4.99 Å². The van der Waals surface area contributed by atoms with Gasteiger partial charge in [0.1, 0.15) is 0 Å². The molecule has 0 aliphatic heterocycles. The minimum atomic E-state index is 0.604. The van der Waals surface area contributed by atoms with E-state index in [9.17, 15) is 0 Å². The fourth-order valence-corrected chi connectivity index (χ4v) is 0.764. The summed E-state index contributed by atoms with van der Waals surface area (Å²) in [5.41, 5.74) is 0. The number of hydrogen-bond donors (Lipinski definition) is 0. The van der Waals surface area contributed by atoms with Gasteiger partial charge >= 0.3 is 0 Å². The second-order valence-electron chi connectivity index (χ2n) is 2.10. The molecule has 0 spiro atoms. The summed E-state index contributed by atoms with van der Waals surface area (Å²) in [6.45, 7) is 8.50. The van der Waals surface area contributed by atoms with Crippen LogP contribution in [0.5, 0.6) is 0 Å². The van der Waals surface area contributed by atoms with E-state index in [0.717, 1.165) is 13.0 Å². The van der Waals surface area contributed by atoms with E-state index in [-0.39, 0.29) is 0 Å². The molecular weight excluding hydrogens is 110 g/mol. The Hall–Kier alpha value is -0.590. The molecule has 1 atom stereocenters. The van der Waals surface area contributed by atoms with Gasteiger partial charge in [-0.15, -0.1) is 0 Å². The topological polar surface area (TPSA) is 12.4 Å². The Bertz CT molecular complexity index is 94.7. The van der Waals surface area contributed by atoms with Crippen LogP contribution in [0.15, 0.2) is 17.1 Å². The highest BCUT2D eigenvalue weighted by atomic mass is 14.7. The quantitative estimate of drug-likeness (QED) is 0.404. The summed E-state index contributed by atoms with van der Waals surface area (Å²) in [7, 11) is 0. The monoisotopic (exact) mass is 125 g/mol. The molecule has 0 fully saturated rings. The first-order chi connectivity index (χ1) is 4.35. The predicted molar refractivity (Wildman–Crippen MR) is 43.0 cm³/mol. The number of hydrogen-bond acceptors (Lipinski definition) is 1. The average Bonchev–Trinajstić information content (AvgIpc) is 1.88. The smallest absolute Gasteiger partial charge is 0.0444 e. The second kappa shape index (κ2) is 5.54. The van der Waals surface area contributed by atoms with Crippen LogP contribution in [-0.2, 0) is 0 Å². The van der Waals surface area contributed by atoms with E-state index in [2.05, 4.69) is 30.8 Å². The van der Waals surface area contributed by atoms with E-state index >= 15 is 0 Å². The molecule has 0 aromatic rings. The van der Waals surface area contributed by atoms with E-state index in [1.54, 1.807) is 0 Å². The third kappa shape index (κ3) is 3.95. The Labute approximate surface area is 57.5 Å². The van der Waals surface area contributed by atoms with Crippen molar-refractivity contribution >= 4 is 6.72 Å². The van der Waals surface area contributed by atoms with Gasteiger partial charge in [0.2, 0.25) is 0 Å². The molecule has 0 rings (SSSR count). The molecule has 0 saturated carbocycles. The molecule has 0 heterocycles. The van der Waals surface area contributed by atoms with Crippen LogP contribution in [0.2, 0.25) is 0 Å². The Morgan fingerprint density at radius 3 is 2.67 bits per heavy atom. The molecule has 0 aliphatic carbocycles. The fourth-order valence-electron chi connectivity index (χ4n) is 0.764. The number of allylic oxidation sites excluding steroid dienone is 1. The first-order valence-corrected chi connectivity index (χ1v) is 3.40. The molecule has 9 heavy (non-hydrogen) atoms. The van der Waals surface area contributed by atoms with Crippen molar-refractivity contribution in [3.05, 3.63) is 12.2 Å². The lowest BCUT2D eigenvalue weighted by atomic mass is 10.1.